The van der Waals surface area contributed by atoms with E-state index in [1.54, 1.807) is 26.2 Å². The number of hydrogen-bond donors (Lipinski definition) is 4. The molecule has 0 fully saturated rings. The van der Waals surface area contributed by atoms with Crippen molar-refractivity contribution in [3.63, 3.8) is 0 Å². The molecule has 0 bridgehead atoms. The van der Waals surface area contributed by atoms with E-state index in [1.807, 2.05) is 0 Å². The Hall–Kier alpha value is -2.05. The predicted octanol–water partition coefficient (Wildman–Crippen LogP) is 0.710. The van der Waals surface area contributed by atoms with E-state index in [0.29, 0.717) is 12.2 Å². The minimum Gasteiger partial charge on any atom is -0.481 e. The first-order chi connectivity index (χ1) is 8.48. The SMILES string of the molecule is CCC(C)(CNC(=O)NCc1ncc[nH]1)C(=O)O. The molecule has 1 unspecified atom stereocenters. The normalized spacial score (nSPS) is 13.7. The number of hydrogen-bond acceptors (Lipinski definition) is 3. The number of urea groups is 1. The molecule has 1 atom stereocenters. The van der Waals surface area contributed by atoms with E-state index in [0.717, 1.165) is 0 Å². The van der Waals surface area contributed by atoms with Crippen LogP contribution >= 0.6 is 0 Å². The van der Waals surface area contributed by atoms with Crippen molar-refractivity contribution in [2.24, 2.45) is 5.41 Å². The number of imidazole rings is 1. The molecule has 0 aromatic carbocycles. The van der Waals surface area contributed by atoms with Crippen molar-refractivity contribution in [1.82, 2.24) is 20.6 Å². The zero-order valence-electron chi connectivity index (χ0n) is 10.5. The van der Waals surface area contributed by atoms with Gasteiger partial charge < -0.3 is 20.7 Å². The molecule has 0 aliphatic rings. The van der Waals surface area contributed by atoms with Gasteiger partial charge in [-0.3, -0.25) is 4.79 Å². The first-order valence-electron chi connectivity index (χ1n) is 5.71. The lowest BCUT2D eigenvalue weighted by molar-refractivity contribution is -0.147. The van der Waals surface area contributed by atoms with E-state index < -0.39 is 17.4 Å². The Morgan fingerprint density at radius 1 is 1.50 bits per heavy atom. The lowest BCUT2D eigenvalue weighted by atomic mass is 9.88. The zero-order valence-corrected chi connectivity index (χ0v) is 10.5. The Labute approximate surface area is 105 Å². The third-order valence-corrected chi connectivity index (χ3v) is 2.91. The van der Waals surface area contributed by atoms with Crippen molar-refractivity contribution in [2.75, 3.05) is 6.54 Å². The number of nitrogens with one attached hydrogen (secondary N) is 3. The molecule has 1 rings (SSSR count). The Balaban J connectivity index is 2.34. The van der Waals surface area contributed by atoms with Crippen molar-refractivity contribution in [3.05, 3.63) is 18.2 Å². The minimum absolute atomic E-state index is 0.0861. The molecule has 2 amide bonds. The second kappa shape index (κ2) is 6.04. The maximum absolute atomic E-state index is 11.5. The van der Waals surface area contributed by atoms with Crippen molar-refractivity contribution in [2.45, 2.75) is 26.8 Å². The molecular weight excluding hydrogens is 236 g/mol. The van der Waals surface area contributed by atoms with Gasteiger partial charge in [0.15, 0.2) is 0 Å². The number of nitrogens with zero attached hydrogens (tertiary/aromatic N) is 1. The summed E-state index contributed by atoms with van der Waals surface area (Å²) in [5.41, 5.74) is -0.942. The van der Waals surface area contributed by atoms with Crippen LogP contribution in [-0.4, -0.2) is 33.6 Å². The number of aromatic nitrogens is 2. The molecule has 0 radical (unpaired) electrons. The number of aliphatic carboxylic acids is 1. The van der Waals surface area contributed by atoms with Crippen LogP contribution in [-0.2, 0) is 11.3 Å². The monoisotopic (exact) mass is 254 g/mol. The minimum atomic E-state index is -0.942. The van der Waals surface area contributed by atoms with Crippen LogP contribution in [0.25, 0.3) is 0 Å². The van der Waals surface area contributed by atoms with Crippen LogP contribution in [0.5, 0.6) is 0 Å². The second-order valence-electron chi connectivity index (χ2n) is 4.29. The molecule has 7 nitrogen and oxygen atoms in total. The van der Waals surface area contributed by atoms with Gasteiger partial charge in [0, 0.05) is 18.9 Å². The molecule has 7 heteroatoms. The van der Waals surface area contributed by atoms with Crippen LogP contribution in [0.3, 0.4) is 0 Å². The van der Waals surface area contributed by atoms with E-state index in [9.17, 15) is 9.59 Å². The van der Waals surface area contributed by atoms with E-state index >= 15 is 0 Å². The lowest BCUT2D eigenvalue weighted by Gasteiger charge is -2.23. The van der Waals surface area contributed by atoms with E-state index in [4.69, 9.17) is 5.11 Å². The summed E-state index contributed by atoms with van der Waals surface area (Å²) < 4.78 is 0. The van der Waals surface area contributed by atoms with Crippen molar-refractivity contribution in [3.8, 4) is 0 Å². The molecule has 0 saturated heterocycles. The number of amides is 2. The molecule has 1 aromatic rings. The largest absolute Gasteiger partial charge is 0.481 e. The van der Waals surface area contributed by atoms with Crippen LogP contribution in [0.4, 0.5) is 4.79 Å². The number of carbonyl (C=O) groups is 2. The van der Waals surface area contributed by atoms with Crippen LogP contribution in [0.15, 0.2) is 12.4 Å². The second-order valence-corrected chi connectivity index (χ2v) is 4.29. The third kappa shape index (κ3) is 3.76. The lowest BCUT2D eigenvalue weighted by Crippen LogP contribution is -2.44. The topological polar surface area (TPSA) is 107 Å². The molecule has 4 N–H and O–H groups in total. The molecule has 1 heterocycles. The fourth-order valence-electron chi connectivity index (χ4n) is 1.25. The summed E-state index contributed by atoms with van der Waals surface area (Å²) in [4.78, 5) is 29.3. The number of carboxylic acids is 1. The standard InChI is InChI=1S/C11H18N4O3/c1-3-11(2,9(16)17)7-15-10(18)14-6-8-12-4-5-13-8/h4-5H,3,6-7H2,1-2H3,(H,12,13)(H,16,17)(H2,14,15,18). The Bertz CT molecular complexity index is 404. The fraction of sp³-hybridized carbons (Fsp3) is 0.545. The molecule has 0 aliphatic heterocycles. The molecule has 1 aromatic heterocycles. The van der Waals surface area contributed by atoms with Gasteiger partial charge in [0.05, 0.1) is 12.0 Å². The van der Waals surface area contributed by atoms with Gasteiger partial charge in [0.2, 0.25) is 0 Å². The summed E-state index contributed by atoms with van der Waals surface area (Å²) in [6.45, 7) is 3.73. The fourth-order valence-corrected chi connectivity index (χ4v) is 1.25. The molecular formula is C11H18N4O3. The quantitative estimate of drug-likeness (QED) is 0.599. The summed E-state index contributed by atoms with van der Waals surface area (Å²) in [5.74, 6) is -0.280. The summed E-state index contributed by atoms with van der Waals surface area (Å²) in [5, 5.41) is 14.2. The highest BCUT2D eigenvalue weighted by Crippen LogP contribution is 2.19. The van der Waals surface area contributed by atoms with E-state index in [-0.39, 0.29) is 13.1 Å². The number of rotatable bonds is 6. The van der Waals surface area contributed by atoms with Gasteiger partial charge in [-0.1, -0.05) is 6.92 Å². The van der Waals surface area contributed by atoms with Gasteiger partial charge in [0.25, 0.3) is 0 Å². The maximum atomic E-state index is 11.5. The highest BCUT2D eigenvalue weighted by molar-refractivity contribution is 5.77. The Morgan fingerprint density at radius 3 is 2.72 bits per heavy atom. The van der Waals surface area contributed by atoms with Gasteiger partial charge in [-0.2, -0.15) is 0 Å². The van der Waals surface area contributed by atoms with Gasteiger partial charge in [-0.15, -0.1) is 0 Å². The van der Waals surface area contributed by atoms with Gasteiger partial charge in [0.1, 0.15) is 5.82 Å². The molecule has 0 saturated carbocycles. The number of aromatic amines is 1. The van der Waals surface area contributed by atoms with Crippen molar-refractivity contribution < 1.29 is 14.7 Å². The molecule has 100 valence electrons. The van der Waals surface area contributed by atoms with Gasteiger partial charge in [-0.05, 0) is 13.3 Å². The average molecular weight is 254 g/mol. The number of carbonyl (C=O) groups excluding carboxylic acids is 1. The van der Waals surface area contributed by atoms with Crippen LogP contribution in [0, 0.1) is 5.41 Å². The van der Waals surface area contributed by atoms with Crippen LogP contribution in [0.1, 0.15) is 26.1 Å². The molecule has 0 aliphatic carbocycles. The van der Waals surface area contributed by atoms with Gasteiger partial charge in [-0.25, -0.2) is 9.78 Å². The first-order valence-corrected chi connectivity index (χ1v) is 5.71. The van der Waals surface area contributed by atoms with Crippen LogP contribution in [0.2, 0.25) is 0 Å². The van der Waals surface area contributed by atoms with E-state index in [1.165, 1.54) is 0 Å². The number of H-pyrrole nitrogens is 1. The average Bonchev–Trinajstić information content (AvgIpc) is 2.86. The first kappa shape index (κ1) is 14.0. The summed E-state index contributed by atoms with van der Waals surface area (Å²) >= 11 is 0. The predicted molar refractivity (Wildman–Crippen MR) is 64.9 cm³/mol. The Morgan fingerprint density at radius 2 is 2.22 bits per heavy atom. The van der Waals surface area contributed by atoms with Crippen molar-refractivity contribution >= 4 is 12.0 Å². The smallest absolute Gasteiger partial charge is 0.315 e. The van der Waals surface area contributed by atoms with Crippen LogP contribution < -0.4 is 10.6 Å². The maximum Gasteiger partial charge on any atom is 0.315 e. The Kier molecular flexibility index (Phi) is 4.70. The van der Waals surface area contributed by atoms with E-state index in [2.05, 4.69) is 20.6 Å². The number of carboxylic acid groups (broad SMARTS) is 1. The highest BCUT2D eigenvalue weighted by Gasteiger charge is 2.31. The molecule has 18 heavy (non-hydrogen) atoms. The zero-order chi connectivity index (χ0) is 13.6. The molecule has 0 spiro atoms. The summed E-state index contributed by atoms with van der Waals surface area (Å²) in [6.07, 6.45) is 3.70. The summed E-state index contributed by atoms with van der Waals surface area (Å²) in [6, 6.07) is -0.410. The van der Waals surface area contributed by atoms with Crippen molar-refractivity contribution in [1.29, 1.82) is 0 Å². The van der Waals surface area contributed by atoms with Gasteiger partial charge >= 0.3 is 12.0 Å². The third-order valence-electron chi connectivity index (χ3n) is 2.91. The summed E-state index contributed by atoms with van der Waals surface area (Å²) in [7, 11) is 0. The highest BCUT2D eigenvalue weighted by atomic mass is 16.4.